The molecule has 0 aliphatic carbocycles. The minimum absolute atomic E-state index is 0.487. The summed E-state index contributed by atoms with van der Waals surface area (Å²) in [6.45, 7) is 4.98. The molecule has 0 bridgehead atoms. The van der Waals surface area contributed by atoms with Crippen LogP contribution < -0.4 is 19.9 Å². The van der Waals surface area contributed by atoms with Crippen LogP contribution in [0.15, 0.2) is 42.5 Å². The molecule has 0 aliphatic rings. The first-order valence-electron chi connectivity index (χ1n) is 6.67. The van der Waals surface area contributed by atoms with Gasteiger partial charge in [0.05, 0.1) is 13.2 Å². The predicted molar refractivity (Wildman–Crippen MR) is 79.7 cm³/mol. The first-order valence-corrected chi connectivity index (χ1v) is 6.67. The van der Waals surface area contributed by atoms with E-state index in [0.717, 1.165) is 0 Å². The molecule has 0 aliphatic heterocycles. The van der Waals surface area contributed by atoms with E-state index >= 15 is 0 Å². The molecule has 20 heavy (non-hydrogen) atoms. The molecule has 0 radical (unpaired) electrons. The monoisotopic (exact) mass is 273 g/mol. The maximum Gasteiger partial charge on any atom is 0.169 e. The molecule has 0 saturated heterocycles. The maximum atomic E-state index is 6.05. The number of nitrogen functional groups attached to an aromatic ring is 1. The molecule has 2 rings (SSSR count). The van der Waals surface area contributed by atoms with Crippen molar-refractivity contribution in [2.24, 2.45) is 0 Å². The van der Waals surface area contributed by atoms with Gasteiger partial charge in [-0.25, -0.2) is 0 Å². The fourth-order valence-electron chi connectivity index (χ4n) is 1.82. The van der Waals surface area contributed by atoms with Gasteiger partial charge < -0.3 is 19.9 Å². The molecule has 106 valence electrons. The predicted octanol–water partition coefficient (Wildman–Crippen LogP) is 3.86. The van der Waals surface area contributed by atoms with Crippen LogP contribution in [0.1, 0.15) is 13.8 Å². The SMILES string of the molecule is CCOc1ccccc1Oc1cccc(OCC)c1N. The van der Waals surface area contributed by atoms with E-state index in [-0.39, 0.29) is 0 Å². The highest BCUT2D eigenvalue weighted by atomic mass is 16.5. The first kappa shape index (κ1) is 14.1. The van der Waals surface area contributed by atoms with Crippen LogP contribution in [0.25, 0.3) is 0 Å². The summed E-state index contributed by atoms with van der Waals surface area (Å²) in [5, 5.41) is 0. The summed E-state index contributed by atoms with van der Waals surface area (Å²) in [5.74, 6) is 2.51. The summed E-state index contributed by atoms with van der Waals surface area (Å²) in [6.07, 6.45) is 0. The molecule has 0 heterocycles. The molecule has 0 aromatic heterocycles. The molecule has 2 aromatic carbocycles. The minimum atomic E-state index is 0.487. The minimum Gasteiger partial charge on any atom is -0.492 e. The number of nitrogens with two attached hydrogens (primary N) is 1. The number of benzene rings is 2. The van der Waals surface area contributed by atoms with Gasteiger partial charge in [-0.1, -0.05) is 18.2 Å². The lowest BCUT2D eigenvalue weighted by molar-refractivity contribution is 0.320. The quantitative estimate of drug-likeness (QED) is 0.812. The Morgan fingerprint density at radius 1 is 0.750 bits per heavy atom. The van der Waals surface area contributed by atoms with Gasteiger partial charge in [0, 0.05) is 0 Å². The van der Waals surface area contributed by atoms with E-state index in [1.165, 1.54) is 0 Å². The zero-order valence-corrected chi connectivity index (χ0v) is 11.8. The molecule has 0 unspecified atom stereocenters. The van der Waals surface area contributed by atoms with Crippen LogP contribution in [0.2, 0.25) is 0 Å². The van der Waals surface area contributed by atoms with E-state index in [2.05, 4.69) is 0 Å². The number of rotatable bonds is 6. The number of para-hydroxylation sites is 3. The lowest BCUT2D eigenvalue weighted by Gasteiger charge is -2.14. The van der Waals surface area contributed by atoms with Gasteiger partial charge in [0.25, 0.3) is 0 Å². The van der Waals surface area contributed by atoms with E-state index in [0.29, 0.717) is 41.9 Å². The first-order chi connectivity index (χ1) is 9.76. The fourth-order valence-corrected chi connectivity index (χ4v) is 1.82. The number of hydrogen-bond acceptors (Lipinski definition) is 4. The second kappa shape index (κ2) is 6.70. The van der Waals surface area contributed by atoms with Crippen molar-refractivity contribution in [1.82, 2.24) is 0 Å². The topological polar surface area (TPSA) is 53.7 Å². The molecule has 0 atom stereocenters. The van der Waals surface area contributed by atoms with Crippen LogP contribution in [-0.2, 0) is 0 Å². The third kappa shape index (κ3) is 3.15. The zero-order chi connectivity index (χ0) is 14.4. The van der Waals surface area contributed by atoms with E-state index in [1.807, 2.05) is 50.2 Å². The number of ether oxygens (including phenoxy) is 3. The average molecular weight is 273 g/mol. The summed E-state index contributed by atoms with van der Waals surface area (Å²) in [7, 11) is 0. The molecule has 0 fully saturated rings. The Bertz CT molecular complexity index is 569. The second-order valence-electron chi connectivity index (χ2n) is 4.08. The Morgan fingerprint density at radius 3 is 2.00 bits per heavy atom. The molecule has 0 amide bonds. The summed E-state index contributed by atoms with van der Waals surface area (Å²) >= 11 is 0. The highest BCUT2D eigenvalue weighted by molar-refractivity contribution is 5.64. The molecule has 0 saturated carbocycles. The molecule has 0 spiro atoms. The van der Waals surface area contributed by atoms with Gasteiger partial charge in [0.1, 0.15) is 11.4 Å². The normalized spacial score (nSPS) is 10.1. The number of anilines is 1. The Kier molecular flexibility index (Phi) is 4.71. The average Bonchev–Trinajstić information content (AvgIpc) is 2.46. The van der Waals surface area contributed by atoms with Crippen molar-refractivity contribution in [2.75, 3.05) is 18.9 Å². The maximum absolute atomic E-state index is 6.05. The van der Waals surface area contributed by atoms with Crippen molar-refractivity contribution in [3.05, 3.63) is 42.5 Å². The molecule has 2 aromatic rings. The standard InChI is InChI=1S/C16H19NO3/c1-3-18-12-8-5-6-9-13(12)20-15-11-7-10-14(16(15)17)19-4-2/h5-11H,3-4,17H2,1-2H3. The Hall–Kier alpha value is -2.36. The third-order valence-electron chi connectivity index (χ3n) is 2.69. The van der Waals surface area contributed by atoms with Crippen molar-refractivity contribution >= 4 is 5.69 Å². The van der Waals surface area contributed by atoms with Crippen molar-refractivity contribution in [3.63, 3.8) is 0 Å². The largest absolute Gasteiger partial charge is 0.492 e. The van der Waals surface area contributed by atoms with Gasteiger partial charge in [-0.05, 0) is 38.1 Å². The van der Waals surface area contributed by atoms with Crippen LogP contribution >= 0.6 is 0 Å². The van der Waals surface area contributed by atoms with Gasteiger partial charge in [-0.3, -0.25) is 0 Å². The smallest absolute Gasteiger partial charge is 0.169 e. The molecular formula is C16H19NO3. The fraction of sp³-hybridized carbons (Fsp3) is 0.250. The highest BCUT2D eigenvalue weighted by Crippen LogP contribution is 2.37. The van der Waals surface area contributed by atoms with Crippen molar-refractivity contribution in [3.8, 4) is 23.0 Å². The van der Waals surface area contributed by atoms with Crippen LogP contribution in [0.4, 0.5) is 5.69 Å². The van der Waals surface area contributed by atoms with Crippen LogP contribution in [0, 0.1) is 0 Å². The van der Waals surface area contributed by atoms with Gasteiger partial charge in [-0.15, -0.1) is 0 Å². The van der Waals surface area contributed by atoms with Crippen molar-refractivity contribution in [2.45, 2.75) is 13.8 Å². The summed E-state index contributed by atoms with van der Waals surface area (Å²) in [6, 6.07) is 13.0. The van der Waals surface area contributed by atoms with Crippen molar-refractivity contribution < 1.29 is 14.2 Å². The summed E-state index contributed by atoms with van der Waals surface area (Å²) in [5.41, 5.74) is 6.54. The van der Waals surface area contributed by atoms with Crippen LogP contribution in [0.3, 0.4) is 0 Å². The molecule has 4 heteroatoms. The molecule has 4 nitrogen and oxygen atoms in total. The van der Waals surface area contributed by atoms with E-state index < -0.39 is 0 Å². The molecule has 2 N–H and O–H groups in total. The van der Waals surface area contributed by atoms with Gasteiger partial charge >= 0.3 is 0 Å². The van der Waals surface area contributed by atoms with Gasteiger partial charge in [0.15, 0.2) is 17.2 Å². The summed E-state index contributed by atoms with van der Waals surface area (Å²) < 4.78 is 16.8. The Balaban J connectivity index is 2.28. The third-order valence-corrected chi connectivity index (χ3v) is 2.69. The van der Waals surface area contributed by atoms with E-state index in [4.69, 9.17) is 19.9 Å². The number of hydrogen-bond donors (Lipinski definition) is 1. The van der Waals surface area contributed by atoms with Gasteiger partial charge in [0.2, 0.25) is 0 Å². The van der Waals surface area contributed by atoms with E-state index in [1.54, 1.807) is 6.07 Å². The Morgan fingerprint density at radius 2 is 1.30 bits per heavy atom. The lowest BCUT2D eigenvalue weighted by atomic mass is 10.2. The van der Waals surface area contributed by atoms with Gasteiger partial charge in [-0.2, -0.15) is 0 Å². The lowest BCUT2D eigenvalue weighted by Crippen LogP contribution is -2.00. The summed E-state index contributed by atoms with van der Waals surface area (Å²) in [4.78, 5) is 0. The zero-order valence-electron chi connectivity index (χ0n) is 11.8. The Labute approximate surface area is 119 Å². The highest BCUT2D eigenvalue weighted by Gasteiger charge is 2.10. The van der Waals surface area contributed by atoms with Crippen molar-refractivity contribution in [1.29, 1.82) is 0 Å². The second-order valence-corrected chi connectivity index (χ2v) is 4.08. The van der Waals surface area contributed by atoms with E-state index in [9.17, 15) is 0 Å². The van der Waals surface area contributed by atoms with Crippen LogP contribution in [-0.4, -0.2) is 13.2 Å². The van der Waals surface area contributed by atoms with Crippen LogP contribution in [0.5, 0.6) is 23.0 Å². The molecular weight excluding hydrogens is 254 g/mol.